The summed E-state index contributed by atoms with van der Waals surface area (Å²) in [6.45, 7) is 3.44. The highest BCUT2D eigenvalue weighted by atomic mass is 16.5. The first-order valence-corrected chi connectivity index (χ1v) is 6.25. The Morgan fingerprint density at radius 2 is 2.00 bits per heavy atom. The maximum absolute atomic E-state index is 11.0. The molecule has 0 aliphatic carbocycles. The molecule has 0 saturated heterocycles. The van der Waals surface area contributed by atoms with Crippen LogP contribution in [0.25, 0.3) is 0 Å². The summed E-state index contributed by atoms with van der Waals surface area (Å²) < 4.78 is 10.3. The maximum atomic E-state index is 11.0. The van der Waals surface area contributed by atoms with E-state index in [9.17, 15) is 4.79 Å². The fraction of sp³-hybridized carbons (Fsp3) is 0.400. The summed E-state index contributed by atoms with van der Waals surface area (Å²) in [6.07, 6.45) is 5.01. The zero-order chi connectivity index (χ0) is 13.1. The van der Waals surface area contributed by atoms with Gasteiger partial charge in [-0.25, -0.2) is 0 Å². The van der Waals surface area contributed by atoms with E-state index in [1.165, 1.54) is 0 Å². The lowest BCUT2D eigenvalue weighted by Gasteiger charge is -2.01. The van der Waals surface area contributed by atoms with Crippen LogP contribution in [0, 0.1) is 0 Å². The molecule has 0 saturated carbocycles. The second kappa shape index (κ2) is 9.42. The van der Waals surface area contributed by atoms with Gasteiger partial charge in [-0.05, 0) is 18.9 Å². The molecule has 98 valence electrons. The Morgan fingerprint density at radius 1 is 1.22 bits per heavy atom. The normalized spacial score (nSPS) is 10.7. The number of rotatable bonds is 8. The van der Waals surface area contributed by atoms with Gasteiger partial charge in [-0.2, -0.15) is 0 Å². The van der Waals surface area contributed by atoms with Crippen molar-refractivity contribution >= 4 is 5.97 Å². The Labute approximate surface area is 108 Å². The van der Waals surface area contributed by atoms with Crippen LogP contribution < -0.4 is 0 Å². The molecule has 0 aliphatic rings. The summed E-state index contributed by atoms with van der Waals surface area (Å²) in [7, 11) is 0. The SMILES string of the molecule is CCOC(=O)CC/C=C\COCc1ccccc1. The molecule has 0 aromatic heterocycles. The number of allylic oxidation sites excluding steroid dienone is 1. The lowest BCUT2D eigenvalue weighted by atomic mass is 10.2. The number of ether oxygens (including phenoxy) is 2. The second-order valence-corrected chi connectivity index (χ2v) is 3.82. The fourth-order valence-electron chi connectivity index (χ4n) is 1.44. The predicted molar refractivity (Wildman–Crippen MR) is 71.1 cm³/mol. The first-order chi connectivity index (χ1) is 8.83. The molecular weight excluding hydrogens is 228 g/mol. The van der Waals surface area contributed by atoms with Crippen molar-refractivity contribution in [1.82, 2.24) is 0 Å². The van der Waals surface area contributed by atoms with Crippen molar-refractivity contribution < 1.29 is 14.3 Å². The Bertz CT molecular complexity index is 357. The molecule has 0 N–H and O–H groups in total. The van der Waals surface area contributed by atoms with E-state index in [0.717, 1.165) is 5.56 Å². The van der Waals surface area contributed by atoms with E-state index in [1.807, 2.05) is 49.4 Å². The lowest BCUT2D eigenvalue weighted by Crippen LogP contribution is -2.02. The third-order valence-electron chi connectivity index (χ3n) is 2.31. The van der Waals surface area contributed by atoms with Crippen LogP contribution in [0.5, 0.6) is 0 Å². The first kappa shape index (κ1) is 14.5. The minimum absolute atomic E-state index is 0.146. The summed E-state index contributed by atoms with van der Waals surface area (Å²) in [5, 5.41) is 0. The van der Waals surface area contributed by atoms with Gasteiger partial charge in [-0.3, -0.25) is 4.79 Å². The molecule has 1 aromatic rings. The average molecular weight is 248 g/mol. The third-order valence-corrected chi connectivity index (χ3v) is 2.31. The van der Waals surface area contributed by atoms with Gasteiger partial charge in [0.05, 0.1) is 19.8 Å². The van der Waals surface area contributed by atoms with Crippen molar-refractivity contribution in [2.24, 2.45) is 0 Å². The van der Waals surface area contributed by atoms with Crippen molar-refractivity contribution in [2.75, 3.05) is 13.2 Å². The zero-order valence-electron chi connectivity index (χ0n) is 10.8. The number of carbonyl (C=O) groups is 1. The molecular formula is C15H20O3. The highest BCUT2D eigenvalue weighted by Gasteiger charge is 1.97. The van der Waals surface area contributed by atoms with Crippen LogP contribution in [0.15, 0.2) is 42.5 Å². The van der Waals surface area contributed by atoms with Gasteiger partial charge in [-0.1, -0.05) is 42.5 Å². The van der Waals surface area contributed by atoms with E-state index < -0.39 is 0 Å². The monoisotopic (exact) mass is 248 g/mol. The molecule has 3 heteroatoms. The van der Waals surface area contributed by atoms with Crippen LogP contribution in [-0.4, -0.2) is 19.2 Å². The van der Waals surface area contributed by atoms with Crippen LogP contribution in [0.4, 0.5) is 0 Å². The number of benzene rings is 1. The number of carbonyl (C=O) groups excluding carboxylic acids is 1. The molecule has 0 radical (unpaired) electrons. The van der Waals surface area contributed by atoms with Crippen LogP contribution in [-0.2, 0) is 20.9 Å². The van der Waals surface area contributed by atoms with Gasteiger partial charge < -0.3 is 9.47 Å². The minimum Gasteiger partial charge on any atom is -0.466 e. The van der Waals surface area contributed by atoms with Crippen molar-refractivity contribution in [3.05, 3.63) is 48.0 Å². The molecule has 1 rings (SSSR count). The van der Waals surface area contributed by atoms with Crippen molar-refractivity contribution in [3.8, 4) is 0 Å². The Balaban J connectivity index is 2.02. The van der Waals surface area contributed by atoms with Crippen molar-refractivity contribution in [2.45, 2.75) is 26.4 Å². The summed E-state index contributed by atoms with van der Waals surface area (Å²) >= 11 is 0. The molecule has 0 fully saturated rings. The van der Waals surface area contributed by atoms with Gasteiger partial charge in [0, 0.05) is 6.42 Å². The van der Waals surface area contributed by atoms with Crippen LogP contribution in [0.1, 0.15) is 25.3 Å². The Hall–Kier alpha value is -1.61. The van der Waals surface area contributed by atoms with E-state index in [1.54, 1.807) is 0 Å². The molecule has 3 nitrogen and oxygen atoms in total. The minimum atomic E-state index is -0.146. The van der Waals surface area contributed by atoms with Gasteiger partial charge in [0.25, 0.3) is 0 Å². The lowest BCUT2D eigenvalue weighted by molar-refractivity contribution is -0.143. The quantitative estimate of drug-likeness (QED) is 0.403. The molecule has 0 aliphatic heterocycles. The van der Waals surface area contributed by atoms with Gasteiger partial charge in [-0.15, -0.1) is 0 Å². The van der Waals surface area contributed by atoms with Crippen LogP contribution >= 0.6 is 0 Å². The van der Waals surface area contributed by atoms with Gasteiger partial charge in [0.1, 0.15) is 0 Å². The number of hydrogen-bond donors (Lipinski definition) is 0. The zero-order valence-corrected chi connectivity index (χ0v) is 10.8. The maximum Gasteiger partial charge on any atom is 0.306 e. The van der Waals surface area contributed by atoms with Crippen molar-refractivity contribution in [1.29, 1.82) is 0 Å². The smallest absolute Gasteiger partial charge is 0.306 e. The molecule has 0 unspecified atom stereocenters. The summed E-state index contributed by atoms with van der Waals surface area (Å²) in [4.78, 5) is 11.0. The molecule has 0 spiro atoms. The number of hydrogen-bond acceptors (Lipinski definition) is 3. The van der Waals surface area contributed by atoms with E-state index in [4.69, 9.17) is 9.47 Å². The highest BCUT2D eigenvalue weighted by molar-refractivity contribution is 5.69. The van der Waals surface area contributed by atoms with Crippen molar-refractivity contribution in [3.63, 3.8) is 0 Å². The molecule has 18 heavy (non-hydrogen) atoms. The van der Waals surface area contributed by atoms with Gasteiger partial charge in [0.2, 0.25) is 0 Å². The predicted octanol–water partition coefficient (Wildman–Crippen LogP) is 3.10. The molecule has 0 atom stereocenters. The van der Waals surface area contributed by atoms with E-state index >= 15 is 0 Å². The van der Waals surface area contributed by atoms with E-state index in [-0.39, 0.29) is 5.97 Å². The fourth-order valence-corrected chi connectivity index (χ4v) is 1.44. The first-order valence-electron chi connectivity index (χ1n) is 6.25. The summed E-state index contributed by atoms with van der Waals surface area (Å²) in [6, 6.07) is 10.0. The van der Waals surface area contributed by atoms with E-state index in [2.05, 4.69) is 0 Å². The Morgan fingerprint density at radius 3 is 2.72 bits per heavy atom. The van der Waals surface area contributed by atoms with Crippen LogP contribution in [0.3, 0.4) is 0 Å². The topological polar surface area (TPSA) is 35.5 Å². The molecule has 0 amide bonds. The average Bonchev–Trinajstić information content (AvgIpc) is 2.39. The molecule has 0 bridgehead atoms. The number of esters is 1. The summed E-state index contributed by atoms with van der Waals surface area (Å²) in [5.41, 5.74) is 1.16. The summed E-state index contributed by atoms with van der Waals surface area (Å²) in [5.74, 6) is -0.146. The molecule has 0 heterocycles. The largest absolute Gasteiger partial charge is 0.466 e. The third kappa shape index (κ3) is 6.86. The molecule has 1 aromatic carbocycles. The van der Waals surface area contributed by atoms with Gasteiger partial charge in [0.15, 0.2) is 0 Å². The Kier molecular flexibility index (Phi) is 7.57. The second-order valence-electron chi connectivity index (χ2n) is 3.82. The highest BCUT2D eigenvalue weighted by Crippen LogP contribution is 2.00. The van der Waals surface area contributed by atoms with E-state index in [0.29, 0.717) is 32.7 Å². The standard InChI is InChI=1S/C15H20O3/c1-2-18-15(16)11-7-4-8-12-17-13-14-9-5-3-6-10-14/h3-6,8-10H,2,7,11-13H2,1H3/b8-4-. The van der Waals surface area contributed by atoms with Crippen LogP contribution in [0.2, 0.25) is 0 Å². The van der Waals surface area contributed by atoms with Gasteiger partial charge >= 0.3 is 5.97 Å².